The van der Waals surface area contributed by atoms with Crippen molar-refractivity contribution in [2.45, 2.75) is 0 Å². The van der Waals surface area contributed by atoms with Gasteiger partial charge in [0.05, 0.1) is 11.0 Å². The Hall–Kier alpha value is -2.57. The quantitative estimate of drug-likeness (QED) is 0.696. The van der Waals surface area contributed by atoms with Gasteiger partial charge in [0.2, 0.25) is 5.95 Å². The molecule has 2 N–H and O–H groups in total. The summed E-state index contributed by atoms with van der Waals surface area (Å²) in [4.78, 5) is 3.83. The van der Waals surface area contributed by atoms with Crippen LogP contribution in [0.3, 0.4) is 0 Å². The van der Waals surface area contributed by atoms with Crippen molar-refractivity contribution in [3.8, 4) is 5.69 Å². The molecular weight excluding hydrogens is 274 g/mol. The van der Waals surface area contributed by atoms with Gasteiger partial charge in [-0.25, -0.2) is 22.5 Å². The van der Waals surface area contributed by atoms with Gasteiger partial charge >= 0.3 is 0 Å². The van der Waals surface area contributed by atoms with E-state index in [-0.39, 0.29) is 17.0 Å². The van der Waals surface area contributed by atoms with Gasteiger partial charge in [0.25, 0.3) is 0 Å². The first kappa shape index (κ1) is 12.5. The van der Waals surface area contributed by atoms with Gasteiger partial charge in [-0.2, -0.15) is 0 Å². The van der Waals surface area contributed by atoms with Gasteiger partial charge < -0.3 is 5.73 Å². The van der Waals surface area contributed by atoms with E-state index in [9.17, 15) is 17.6 Å². The number of fused-ring (bicyclic) bond motifs is 1. The predicted octanol–water partition coefficient (Wildman–Crippen LogP) is 3.16. The molecule has 102 valence electrons. The highest BCUT2D eigenvalue weighted by molar-refractivity contribution is 5.81. The molecule has 0 aliphatic heterocycles. The number of benzene rings is 2. The summed E-state index contributed by atoms with van der Waals surface area (Å²) >= 11 is 0. The number of anilines is 1. The number of imidazole rings is 1. The second-order valence-corrected chi connectivity index (χ2v) is 4.16. The summed E-state index contributed by atoms with van der Waals surface area (Å²) in [7, 11) is 0. The predicted molar refractivity (Wildman–Crippen MR) is 65.3 cm³/mol. The third-order valence-corrected chi connectivity index (χ3v) is 2.85. The van der Waals surface area contributed by atoms with Crippen LogP contribution < -0.4 is 5.73 Å². The molecule has 0 aliphatic rings. The lowest BCUT2D eigenvalue weighted by molar-refractivity contribution is 0.536. The van der Waals surface area contributed by atoms with Crippen LogP contribution in [-0.4, -0.2) is 9.55 Å². The summed E-state index contributed by atoms with van der Waals surface area (Å²) in [5.74, 6) is -4.08. The van der Waals surface area contributed by atoms with E-state index in [1.165, 1.54) is 6.07 Å². The van der Waals surface area contributed by atoms with E-state index in [0.29, 0.717) is 12.1 Å². The van der Waals surface area contributed by atoms with Crippen molar-refractivity contribution < 1.29 is 17.6 Å². The summed E-state index contributed by atoms with van der Waals surface area (Å²) in [6.45, 7) is 0. The minimum absolute atomic E-state index is 0.144. The van der Waals surface area contributed by atoms with Crippen LogP contribution in [0, 0.1) is 23.3 Å². The molecule has 0 atom stereocenters. The van der Waals surface area contributed by atoms with Crippen molar-refractivity contribution in [1.82, 2.24) is 9.55 Å². The Kier molecular flexibility index (Phi) is 2.63. The van der Waals surface area contributed by atoms with Crippen LogP contribution in [0.1, 0.15) is 0 Å². The summed E-state index contributed by atoms with van der Waals surface area (Å²) in [6.07, 6.45) is 0. The number of nitrogens with two attached hydrogens (primary N) is 1. The van der Waals surface area contributed by atoms with Gasteiger partial charge in [0, 0.05) is 18.2 Å². The standard InChI is InChI=1S/C13H7F4N3/c14-6-1-2-11-10(5-6)19-13(18)20(11)12-8(16)3-7(15)4-9(12)17/h1-5H,(H2,18,19). The van der Waals surface area contributed by atoms with E-state index in [1.54, 1.807) is 0 Å². The summed E-state index contributed by atoms with van der Waals surface area (Å²) in [6, 6.07) is 4.55. The summed E-state index contributed by atoms with van der Waals surface area (Å²) < 4.78 is 54.6. The zero-order valence-corrected chi connectivity index (χ0v) is 9.87. The van der Waals surface area contributed by atoms with Crippen LogP contribution in [0.5, 0.6) is 0 Å². The molecule has 0 spiro atoms. The van der Waals surface area contributed by atoms with Gasteiger partial charge in [-0.3, -0.25) is 4.57 Å². The van der Waals surface area contributed by atoms with E-state index >= 15 is 0 Å². The summed E-state index contributed by atoms with van der Waals surface area (Å²) in [5, 5.41) is 0. The molecule has 20 heavy (non-hydrogen) atoms. The van der Waals surface area contributed by atoms with Crippen molar-refractivity contribution in [3.05, 3.63) is 53.6 Å². The molecule has 7 heteroatoms. The van der Waals surface area contributed by atoms with Crippen molar-refractivity contribution >= 4 is 17.0 Å². The van der Waals surface area contributed by atoms with E-state index < -0.39 is 29.0 Å². The molecule has 1 heterocycles. The molecule has 0 fully saturated rings. The molecule has 3 aromatic rings. The van der Waals surface area contributed by atoms with Crippen molar-refractivity contribution in [2.75, 3.05) is 5.73 Å². The van der Waals surface area contributed by atoms with Crippen LogP contribution >= 0.6 is 0 Å². The third kappa shape index (κ3) is 1.78. The minimum Gasteiger partial charge on any atom is -0.369 e. The fourth-order valence-electron chi connectivity index (χ4n) is 2.06. The Labute approximate surface area is 110 Å². The van der Waals surface area contributed by atoms with Crippen LogP contribution in [0.25, 0.3) is 16.7 Å². The van der Waals surface area contributed by atoms with E-state index in [0.717, 1.165) is 16.7 Å². The van der Waals surface area contributed by atoms with Gasteiger partial charge in [0.1, 0.15) is 17.3 Å². The fraction of sp³-hybridized carbons (Fsp3) is 0. The fourth-order valence-corrected chi connectivity index (χ4v) is 2.06. The maximum absolute atomic E-state index is 13.8. The monoisotopic (exact) mass is 281 g/mol. The van der Waals surface area contributed by atoms with Gasteiger partial charge in [-0.15, -0.1) is 0 Å². The lowest BCUT2D eigenvalue weighted by atomic mass is 10.2. The van der Waals surface area contributed by atoms with Gasteiger partial charge in [0.15, 0.2) is 11.6 Å². The van der Waals surface area contributed by atoms with E-state index in [2.05, 4.69) is 4.98 Å². The third-order valence-electron chi connectivity index (χ3n) is 2.85. The second-order valence-electron chi connectivity index (χ2n) is 4.16. The average Bonchev–Trinajstić information content (AvgIpc) is 2.64. The SMILES string of the molecule is Nc1nc2cc(F)ccc2n1-c1c(F)cc(F)cc1F. The number of hydrogen-bond acceptors (Lipinski definition) is 2. The molecule has 3 nitrogen and oxygen atoms in total. The number of halogens is 4. The van der Waals surface area contributed by atoms with Crippen LogP contribution in [0.4, 0.5) is 23.5 Å². The Bertz CT molecular complexity index is 803. The lowest BCUT2D eigenvalue weighted by Crippen LogP contribution is -2.06. The second kappa shape index (κ2) is 4.22. The Balaban J connectivity index is 2.38. The number of nitrogens with zero attached hydrogens (tertiary/aromatic N) is 2. The molecule has 2 aromatic carbocycles. The first-order valence-corrected chi connectivity index (χ1v) is 5.56. The average molecular weight is 281 g/mol. The number of nitrogen functional groups attached to an aromatic ring is 1. The van der Waals surface area contributed by atoms with Crippen LogP contribution in [-0.2, 0) is 0 Å². The first-order chi connectivity index (χ1) is 9.47. The smallest absolute Gasteiger partial charge is 0.206 e. The molecular formula is C13H7F4N3. The van der Waals surface area contributed by atoms with Gasteiger partial charge in [-0.1, -0.05) is 0 Å². The maximum atomic E-state index is 13.8. The molecule has 0 saturated heterocycles. The topological polar surface area (TPSA) is 43.8 Å². The molecule has 0 unspecified atom stereocenters. The molecule has 1 aromatic heterocycles. The normalized spacial score (nSPS) is 11.2. The van der Waals surface area contributed by atoms with Crippen molar-refractivity contribution in [3.63, 3.8) is 0 Å². The number of rotatable bonds is 1. The molecule has 0 amide bonds. The first-order valence-electron chi connectivity index (χ1n) is 5.56. The molecule has 0 radical (unpaired) electrons. The van der Waals surface area contributed by atoms with Gasteiger partial charge in [-0.05, 0) is 12.1 Å². The Morgan fingerprint density at radius 1 is 0.900 bits per heavy atom. The van der Waals surface area contributed by atoms with E-state index in [1.807, 2.05) is 0 Å². The largest absolute Gasteiger partial charge is 0.369 e. The van der Waals surface area contributed by atoms with Crippen LogP contribution in [0.2, 0.25) is 0 Å². The zero-order chi connectivity index (χ0) is 14.4. The minimum atomic E-state index is -1.13. The number of aromatic nitrogens is 2. The van der Waals surface area contributed by atoms with E-state index in [4.69, 9.17) is 5.73 Å². The highest BCUT2D eigenvalue weighted by Crippen LogP contribution is 2.27. The Morgan fingerprint density at radius 3 is 2.20 bits per heavy atom. The van der Waals surface area contributed by atoms with Crippen molar-refractivity contribution in [1.29, 1.82) is 0 Å². The zero-order valence-electron chi connectivity index (χ0n) is 9.87. The highest BCUT2D eigenvalue weighted by atomic mass is 19.1. The molecule has 3 rings (SSSR count). The number of hydrogen-bond donors (Lipinski definition) is 1. The van der Waals surface area contributed by atoms with Crippen molar-refractivity contribution in [2.24, 2.45) is 0 Å². The molecule has 0 saturated carbocycles. The lowest BCUT2D eigenvalue weighted by Gasteiger charge is -2.09. The molecule has 0 aliphatic carbocycles. The highest BCUT2D eigenvalue weighted by Gasteiger charge is 2.19. The molecule has 0 bridgehead atoms. The summed E-state index contributed by atoms with van der Waals surface area (Å²) in [5.41, 5.74) is 5.42. The maximum Gasteiger partial charge on any atom is 0.206 e. The Morgan fingerprint density at radius 2 is 1.55 bits per heavy atom. The van der Waals surface area contributed by atoms with Crippen LogP contribution in [0.15, 0.2) is 30.3 Å².